The second-order valence-corrected chi connectivity index (χ2v) is 7.15. The lowest BCUT2D eigenvalue weighted by molar-refractivity contribution is 0.0350. The van der Waals surface area contributed by atoms with Crippen LogP contribution in [-0.4, -0.2) is 21.5 Å². The van der Waals surface area contributed by atoms with Crippen molar-refractivity contribution in [1.82, 2.24) is 10.1 Å². The van der Waals surface area contributed by atoms with Gasteiger partial charge in [0.25, 0.3) is 5.89 Å². The molecule has 0 amide bonds. The quantitative estimate of drug-likeness (QED) is 0.660. The van der Waals surface area contributed by atoms with Gasteiger partial charge in [-0.3, -0.25) is 4.79 Å². The molecule has 2 aromatic heterocycles. The highest BCUT2D eigenvalue weighted by Crippen LogP contribution is 2.39. The molecule has 4 rings (SSSR count). The average molecular weight is 354 g/mol. The van der Waals surface area contributed by atoms with Gasteiger partial charge in [-0.05, 0) is 42.5 Å². The van der Waals surface area contributed by atoms with Gasteiger partial charge < -0.3 is 9.26 Å². The molecule has 0 saturated carbocycles. The van der Waals surface area contributed by atoms with Crippen molar-refractivity contribution < 1.29 is 14.1 Å². The highest BCUT2D eigenvalue weighted by molar-refractivity contribution is 7.13. The van der Waals surface area contributed by atoms with Gasteiger partial charge in [0.15, 0.2) is 5.78 Å². The van der Waals surface area contributed by atoms with Crippen LogP contribution in [0.4, 0.5) is 0 Å². The maximum atomic E-state index is 12.6. The molecule has 1 aliphatic heterocycles. The molecular formula is C19H18N2O3S. The molecule has 0 fully saturated rings. The van der Waals surface area contributed by atoms with Crippen molar-refractivity contribution in [2.75, 3.05) is 0 Å². The van der Waals surface area contributed by atoms with E-state index < -0.39 is 0 Å². The summed E-state index contributed by atoms with van der Waals surface area (Å²) in [6, 6.07) is 9.37. The van der Waals surface area contributed by atoms with Crippen LogP contribution in [0.25, 0.3) is 22.2 Å². The summed E-state index contributed by atoms with van der Waals surface area (Å²) in [5, 5.41) is 5.99. The number of carbonyl (C=O) groups is 1. The minimum Gasteiger partial charge on any atom is -0.486 e. The molecule has 5 nitrogen and oxygen atoms in total. The summed E-state index contributed by atoms with van der Waals surface area (Å²) in [6.07, 6.45) is 2.02. The number of rotatable bonds is 4. The molecule has 6 heteroatoms. The van der Waals surface area contributed by atoms with Gasteiger partial charge in [0.1, 0.15) is 11.4 Å². The van der Waals surface area contributed by atoms with Gasteiger partial charge in [-0.25, -0.2) is 0 Å². The predicted octanol–water partition coefficient (Wildman–Crippen LogP) is 4.99. The Labute approximate surface area is 149 Å². The second-order valence-electron chi connectivity index (χ2n) is 6.20. The van der Waals surface area contributed by atoms with E-state index in [0.717, 1.165) is 23.3 Å². The molecule has 0 aliphatic carbocycles. The maximum Gasteiger partial charge on any atom is 0.258 e. The Morgan fingerprint density at radius 3 is 2.80 bits per heavy atom. The number of hydrogen-bond acceptors (Lipinski definition) is 6. The summed E-state index contributed by atoms with van der Waals surface area (Å²) in [7, 11) is 0. The van der Waals surface area contributed by atoms with Gasteiger partial charge in [-0.1, -0.05) is 25.1 Å². The highest BCUT2D eigenvalue weighted by atomic mass is 32.1. The largest absolute Gasteiger partial charge is 0.486 e. The van der Waals surface area contributed by atoms with Crippen LogP contribution < -0.4 is 4.74 Å². The van der Waals surface area contributed by atoms with Crippen LogP contribution in [0.1, 0.15) is 43.5 Å². The van der Waals surface area contributed by atoms with Gasteiger partial charge in [-0.2, -0.15) is 4.98 Å². The molecule has 1 aromatic carbocycles. The molecule has 0 radical (unpaired) electrons. The summed E-state index contributed by atoms with van der Waals surface area (Å²) in [4.78, 5) is 18.0. The molecule has 3 aromatic rings. The molecule has 0 spiro atoms. The molecule has 0 atom stereocenters. The van der Waals surface area contributed by atoms with Crippen LogP contribution in [0.2, 0.25) is 0 Å². The molecule has 0 bridgehead atoms. The third-order valence-electron chi connectivity index (χ3n) is 4.79. The SMILES string of the molecule is CCC1(CC)CC(=O)c2cc(-c3nc(-c4cccs4)no3)ccc2O1. The van der Waals surface area contributed by atoms with E-state index in [4.69, 9.17) is 9.26 Å². The van der Waals surface area contributed by atoms with Gasteiger partial charge in [-0.15, -0.1) is 11.3 Å². The van der Waals surface area contributed by atoms with E-state index >= 15 is 0 Å². The zero-order chi connectivity index (χ0) is 17.4. The fourth-order valence-electron chi connectivity index (χ4n) is 3.12. The van der Waals surface area contributed by atoms with Crippen molar-refractivity contribution in [3.8, 4) is 27.9 Å². The Morgan fingerprint density at radius 2 is 2.08 bits per heavy atom. The van der Waals surface area contributed by atoms with E-state index in [1.54, 1.807) is 17.4 Å². The topological polar surface area (TPSA) is 65.2 Å². The number of aromatic nitrogens is 2. The van der Waals surface area contributed by atoms with Crippen LogP contribution in [0.5, 0.6) is 5.75 Å². The fourth-order valence-corrected chi connectivity index (χ4v) is 3.77. The monoisotopic (exact) mass is 354 g/mol. The lowest BCUT2D eigenvalue weighted by Gasteiger charge is -2.36. The number of ether oxygens (including phenoxy) is 1. The van der Waals surface area contributed by atoms with Crippen LogP contribution in [0, 0.1) is 0 Å². The Kier molecular flexibility index (Phi) is 3.92. The van der Waals surface area contributed by atoms with Crippen molar-refractivity contribution in [3.05, 3.63) is 41.3 Å². The third kappa shape index (κ3) is 2.76. The first kappa shape index (κ1) is 16.0. The van der Waals surface area contributed by atoms with E-state index in [9.17, 15) is 4.79 Å². The van der Waals surface area contributed by atoms with E-state index in [-0.39, 0.29) is 11.4 Å². The minimum atomic E-state index is -0.386. The van der Waals surface area contributed by atoms with E-state index in [1.165, 1.54) is 0 Å². The molecule has 128 valence electrons. The number of ketones is 1. The number of Topliss-reactive ketones (excluding diaryl/α,β-unsaturated/α-hetero) is 1. The van der Waals surface area contributed by atoms with E-state index in [1.807, 2.05) is 29.6 Å². The second kappa shape index (κ2) is 6.11. The number of hydrogen-bond donors (Lipinski definition) is 0. The zero-order valence-electron chi connectivity index (χ0n) is 14.1. The van der Waals surface area contributed by atoms with Gasteiger partial charge in [0.2, 0.25) is 5.82 Å². The molecular weight excluding hydrogens is 336 g/mol. The Morgan fingerprint density at radius 1 is 1.24 bits per heavy atom. The van der Waals surface area contributed by atoms with Gasteiger partial charge in [0.05, 0.1) is 16.9 Å². The number of carbonyl (C=O) groups excluding carboxylic acids is 1. The lowest BCUT2D eigenvalue weighted by atomic mass is 9.85. The summed E-state index contributed by atoms with van der Waals surface area (Å²) < 4.78 is 11.5. The van der Waals surface area contributed by atoms with Crippen molar-refractivity contribution in [3.63, 3.8) is 0 Å². The number of thiophene rings is 1. The van der Waals surface area contributed by atoms with Gasteiger partial charge in [0, 0.05) is 5.56 Å². The summed E-state index contributed by atoms with van der Waals surface area (Å²) in [5.41, 5.74) is 0.931. The number of benzene rings is 1. The average Bonchev–Trinajstić information content (AvgIpc) is 3.32. The van der Waals surface area contributed by atoms with Crippen molar-refractivity contribution in [2.24, 2.45) is 0 Å². The highest BCUT2D eigenvalue weighted by Gasteiger charge is 2.37. The lowest BCUT2D eigenvalue weighted by Crippen LogP contribution is -2.40. The third-order valence-corrected chi connectivity index (χ3v) is 5.66. The maximum absolute atomic E-state index is 12.6. The summed E-state index contributed by atoms with van der Waals surface area (Å²) in [5.74, 6) is 1.70. The first-order valence-corrected chi connectivity index (χ1v) is 9.26. The molecule has 0 N–H and O–H groups in total. The Hall–Kier alpha value is -2.47. The molecule has 25 heavy (non-hydrogen) atoms. The Balaban J connectivity index is 1.69. The smallest absolute Gasteiger partial charge is 0.258 e. The van der Waals surface area contributed by atoms with Gasteiger partial charge >= 0.3 is 0 Å². The van der Waals surface area contributed by atoms with Crippen molar-refractivity contribution >= 4 is 17.1 Å². The predicted molar refractivity (Wildman–Crippen MR) is 95.9 cm³/mol. The minimum absolute atomic E-state index is 0.102. The van der Waals surface area contributed by atoms with Crippen LogP contribution in [-0.2, 0) is 0 Å². The summed E-state index contributed by atoms with van der Waals surface area (Å²) >= 11 is 1.55. The molecule has 0 saturated heterocycles. The van der Waals surface area contributed by atoms with Crippen LogP contribution in [0.15, 0.2) is 40.2 Å². The van der Waals surface area contributed by atoms with Crippen molar-refractivity contribution in [2.45, 2.75) is 38.7 Å². The summed E-state index contributed by atoms with van der Waals surface area (Å²) in [6.45, 7) is 4.11. The normalized spacial score (nSPS) is 15.7. The molecule has 0 unspecified atom stereocenters. The molecule has 1 aliphatic rings. The van der Waals surface area contributed by atoms with Crippen molar-refractivity contribution in [1.29, 1.82) is 0 Å². The number of nitrogens with zero attached hydrogens (tertiary/aromatic N) is 2. The first-order chi connectivity index (χ1) is 12.1. The molecule has 3 heterocycles. The van der Waals surface area contributed by atoms with Crippen LogP contribution >= 0.6 is 11.3 Å². The van der Waals surface area contributed by atoms with Crippen LogP contribution in [0.3, 0.4) is 0 Å². The standard InChI is InChI=1S/C19H18N2O3S/c1-3-19(4-2)11-14(22)13-10-12(7-8-15(13)23-19)18-20-17(21-24-18)16-6-5-9-25-16/h5-10H,3-4,11H2,1-2H3. The van der Waals surface area contributed by atoms with E-state index in [2.05, 4.69) is 24.0 Å². The Bertz CT molecular complexity index is 911. The fraction of sp³-hybridized carbons (Fsp3) is 0.316. The first-order valence-electron chi connectivity index (χ1n) is 8.38. The van der Waals surface area contributed by atoms with E-state index in [0.29, 0.717) is 29.4 Å². The number of fused-ring (bicyclic) bond motifs is 1. The zero-order valence-corrected chi connectivity index (χ0v) is 14.9.